The average Bonchev–Trinajstić information content (AvgIpc) is 2.79. The summed E-state index contributed by atoms with van der Waals surface area (Å²) in [4.78, 5) is 54.9. The Morgan fingerprint density at radius 3 is 2.71 bits per heavy atom. The van der Waals surface area contributed by atoms with Crippen LogP contribution in [0.25, 0.3) is 0 Å². The van der Waals surface area contributed by atoms with E-state index in [0.717, 1.165) is 6.42 Å². The topological polar surface area (TPSA) is 144 Å². The monoisotopic (exact) mass is 477 g/mol. The fraction of sp³-hybridized carbons (Fsp3) is 0.625. The highest BCUT2D eigenvalue weighted by Gasteiger charge is 2.40. The van der Waals surface area contributed by atoms with Crippen molar-refractivity contribution in [2.75, 3.05) is 6.61 Å². The highest BCUT2D eigenvalue weighted by molar-refractivity contribution is 5.98. The van der Waals surface area contributed by atoms with Crippen molar-refractivity contribution < 1.29 is 33.8 Å². The number of carbonyl (C=O) groups excluding carboxylic acids is 4. The normalized spacial score (nSPS) is 23.2. The van der Waals surface area contributed by atoms with Crippen molar-refractivity contribution in [3.05, 3.63) is 23.5 Å². The average molecular weight is 478 g/mol. The van der Waals surface area contributed by atoms with Gasteiger partial charge in [0.05, 0.1) is 12.0 Å². The number of nitrogens with zero attached hydrogens (tertiary/aromatic N) is 1. The fourth-order valence-electron chi connectivity index (χ4n) is 3.71. The van der Waals surface area contributed by atoms with Crippen molar-refractivity contribution in [1.82, 2.24) is 15.6 Å². The molecule has 1 aromatic heterocycles. The third-order valence-electron chi connectivity index (χ3n) is 5.63. The van der Waals surface area contributed by atoms with Crippen LogP contribution < -0.4 is 10.6 Å². The minimum absolute atomic E-state index is 0.0704. The van der Waals surface area contributed by atoms with Gasteiger partial charge in [-0.2, -0.15) is 0 Å². The molecule has 10 heteroatoms. The third-order valence-corrected chi connectivity index (χ3v) is 5.63. The molecular weight excluding hydrogens is 442 g/mol. The number of ether oxygens (including phenoxy) is 2. The Morgan fingerprint density at radius 2 is 2.06 bits per heavy atom. The molecule has 0 spiro atoms. The second kappa shape index (κ2) is 12.3. The summed E-state index contributed by atoms with van der Waals surface area (Å²) < 4.78 is 11.1. The van der Waals surface area contributed by atoms with Gasteiger partial charge in [0.1, 0.15) is 24.5 Å². The molecule has 2 rings (SSSR count). The van der Waals surface area contributed by atoms with E-state index in [0.29, 0.717) is 18.4 Å². The van der Waals surface area contributed by atoms with Gasteiger partial charge in [0.25, 0.3) is 5.91 Å². The first-order chi connectivity index (χ1) is 16.0. The standard InChI is InChI=1S/C24H35N3O7/c1-6-7-8-16-21(34-18(28)11-13(2)3)15(5)26-22(30)17(12-33-24(16)32)27-23(31)19-20(29)14(4)9-10-25-19/h9-10,13,15-17,21,29H,6-8,11-12H2,1-5H3,(H,26,30)(H,27,31). The number of pyridine rings is 1. The quantitative estimate of drug-likeness (QED) is 0.483. The van der Waals surface area contributed by atoms with Gasteiger partial charge in [-0.1, -0.05) is 33.6 Å². The number of esters is 2. The van der Waals surface area contributed by atoms with Gasteiger partial charge in [-0.15, -0.1) is 0 Å². The molecule has 3 N–H and O–H groups in total. The molecule has 0 bridgehead atoms. The Bertz CT molecular complexity index is 903. The van der Waals surface area contributed by atoms with E-state index in [1.807, 2.05) is 20.8 Å². The van der Waals surface area contributed by atoms with E-state index in [2.05, 4.69) is 15.6 Å². The Morgan fingerprint density at radius 1 is 1.35 bits per heavy atom. The summed E-state index contributed by atoms with van der Waals surface area (Å²) in [6.45, 7) is 8.59. The zero-order valence-corrected chi connectivity index (χ0v) is 20.4. The molecule has 4 atom stereocenters. The van der Waals surface area contributed by atoms with Crippen LogP contribution in [0.15, 0.2) is 12.3 Å². The van der Waals surface area contributed by atoms with Crippen LogP contribution in [0.1, 0.15) is 69.4 Å². The summed E-state index contributed by atoms with van der Waals surface area (Å²) in [6.07, 6.45) is 2.58. The van der Waals surface area contributed by atoms with Crippen LogP contribution in [0, 0.1) is 18.8 Å². The lowest BCUT2D eigenvalue weighted by Crippen LogP contribution is -2.54. The van der Waals surface area contributed by atoms with Crippen LogP contribution in [0.5, 0.6) is 5.75 Å². The minimum atomic E-state index is -1.22. The maximum Gasteiger partial charge on any atom is 0.312 e. The van der Waals surface area contributed by atoms with Crippen LogP contribution in [0.2, 0.25) is 0 Å². The van der Waals surface area contributed by atoms with Crippen LogP contribution in [-0.4, -0.2) is 58.6 Å². The molecule has 10 nitrogen and oxygen atoms in total. The molecule has 0 saturated carbocycles. The number of hydrogen-bond acceptors (Lipinski definition) is 8. The van der Waals surface area contributed by atoms with Gasteiger partial charge in [0.15, 0.2) is 5.69 Å². The molecule has 1 fully saturated rings. The van der Waals surface area contributed by atoms with E-state index in [1.54, 1.807) is 19.9 Å². The van der Waals surface area contributed by atoms with Gasteiger partial charge in [-0.3, -0.25) is 19.2 Å². The van der Waals surface area contributed by atoms with Crippen molar-refractivity contribution >= 4 is 23.8 Å². The smallest absolute Gasteiger partial charge is 0.312 e. The molecule has 0 aliphatic carbocycles. The highest BCUT2D eigenvalue weighted by atomic mass is 16.6. The van der Waals surface area contributed by atoms with Gasteiger partial charge in [-0.05, 0) is 37.8 Å². The lowest BCUT2D eigenvalue weighted by molar-refractivity contribution is -0.164. The number of rotatable bonds is 8. The first-order valence-corrected chi connectivity index (χ1v) is 11.7. The van der Waals surface area contributed by atoms with Crippen molar-refractivity contribution in [2.24, 2.45) is 11.8 Å². The number of aromatic nitrogens is 1. The van der Waals surface area contributed by atoms with E-state index in [4.69, 9.17) is 9.47 Å². The molecule has 0 aromatic carbocycles. The molecule has 1 saturated heterocycles. The number of carbonyl (C=O) groups is 4. The Kier molecular flexibility index (Phi) is 9.83. The zero-order valence-electron chi connectivity index (χ0n) is 20.4. The lowest BCUT2D eigenvalue weighted by Gasteiger charge is -2.30. The van der Waals surface area contributed by atoms with Gasteiger partial charge in [0, 0.05) is 12.6 Å². The highest BCUT2D eigenvalue weighted by Crippen LogP contribution is 2.24. The molecule has 34 heavy (non-hydrogen) atoms. The van der Waals surface area contributed by atoms with Crippen LogP contribution in [-0.2, 0) is 23.9 Å². The van der Waals surface area contributed by atoms with Crippen molar-refractivity contribution in [3.63, 3.8) is 0 Å². The van der Waals surface area contributed by atoms with Crippen molar-refractivity contribution in [2.45, 2.75) is 78.5 Å². The number of unbranched alkanes of at least 4 members (excludes halogenated alkanes) is 1. The number of nitrogens with one attached hydrogen (secondary N) is 2. The van der Waals surface area contributed by atoms with Crippen molar-refractivity contribution in [1.29, 1.82) is 0 Å². The van der Waals surface area contributed by atoms with Gasteiger partial charge < -0.3 is 25.2 Å². The van der Waals surface area contributed by atoms with E-state index in [-0.39, 0.29) is 23.8 Å². The largest absolute Gasteiger partial charge is 0.505 e. The summed E-state index contributed by atoms with van der Waals surface area (Å²) in [5.74, 6) is -3.45. The summed E-state index contributed by atoms with van der Waals surface area (Å²) >= 11 is 0. The number of hydrogen-bond donors (Lipinski definition) is 3. The van der Waals surface area contributed by atoms with Gasteiger partial charge >= 0.3 is 11.9 Å². The van der Waals surface area contributed by atoms with Crippen LogP contribution >= 0.6 is 0 Å². The molecular formula is C24H35N3O7. The first-order valence-electron chi connectivity index (χ1n) is 11.7. The molecule has 1 aliphatic heterocycles. The molecule has 1 aromatic rings. The van der Waals surface area contributed by atoms with Crippen molar-refractivity contribution in [3.8, 4) is 5.75 Å². The van der Waals surface area contributed by atoms with E-state index >= 15 is 0 Å². The molecule has 2 amide bonds. The second-order valence-electron chi connectivity index (χ2n) is 9.08. The number of amides is 2. The maximum absolute atomic E-state index is 13.0. The number of aryl methyl sites for hydroxylation is 1. The van der Waals surface area contributed by atoms with E-state index in [1.165, 1.54) is 6.20 Å². The fourth-order valence-corrected chi connectivity index (χ4v) is 3.71. The van der Waals surface area contributed by atoms with Gasteiger partial charge in [-0.25, -0.2) is 4.98 Å². The van der Waals surface area contributed by atoms with Crippen LogP contribution in [0.4, 0.5) is 0 Å². The Balaban J connectivity index is 2.26. The minimum Gasteiger partial charge on any atom is -0.505 e. The molecule has 2 heterocycles. The van der Waals surface area contributed by atoms with Crippen LogP contribution in [0.3, 0.4) is 0 Å². The molecule has 4 unspecified atom stereocenters. The van der Waals surface area contributed by atoms with E-state index < -0.39 is 54.5 Å². The summed E-state index contributed by atoms with van der Waals surface area (Å²) in [5.41, 5.74) is 0.206. The second-order valence-corrected chi connectivity index (χ2v) is 9.08. The summed E-state index contributed by atoms with van der Waals surface area (Å²) in [7, 11) is 0. The SMILES string of the molecule is CCCCC1C(=O)OCC(NC(=O)c2nccc(C)c2O)C(=O)NC(C)C1OC(=O)CC(C)C. The predicted octanol–water partition coefficient (Wildman–Crippen LogP) is 2.02. The first kappa shape index (κ1) is 27.1. The van der Waals surface area contributed by atoms with Gasteiger partial charge in [0.2, 0.25) is 5.91 Å². The predicted molar refractivity (Wildman–Crippen MR) is 123 cm³/mol. The van der Waals surface area contributed by atoms with E-state index in [9.17, 15) is 24.3 Å². The number of cyclic esters (lactones) is 1. The Hall–Kier alpha value is -3.17. The maximum atomic E-state index is 13.0. The number of aromatic hydroxyl groups is 1. The molecule has 0 radical (unpaired) electrons. The zero-order chi connectivity index (χ0) is 25.4. The molecule has 188 valence electrons. The lowest BCUT2D eigenvalue weighted by atomic mass is 9.91. The summed E-state index contributed by atoms with van der Waals surface area (Å²) in [6, 6.07) is -0.391. The third kappa shape index (κ3) is 7.16. The molecule has 1 aliphatic rings. The summed E-state index contributed by atoms with van der Waals surface area (Å²) in [5, 5.41) is 15.3. The Labute approximate surface area is 199 Å².